The van der Waals surface area contributed by atoms with Gasteiger partial charge < -0.3 is 21.3 Å². The van der Waals surface area contributed by atoms with E-state index in [1.165, 1.54) is 30.5 Å². The maximum Gasteiger partial charge on any atom is 0.338 e. The van der Waals surface area contributed by atoms with Crippen LogP contribution in [0.3, 0.4) is 0 Å². The average molecular weight is 340 g/mol. The number of ether oxygens (including phenoxy) is 1. The number of fused-ring (bicyclic) bond motifs is 1. The minimum absolute atomic E-state index is 0.0108. The molecule has 0 saturated heterocycles. The second-order valence-corrected chi connectivity index (χ2v) is 4.96. The van der Waals surface area contributed by atoms with Crippen molar-refractivity contribution in [2.24, 2.45) is 0 Å². The van der Waals surface area contributed by atoms with Gasteiger partial charge in [0.25, 0.3) is 0 Å². The van der Waals surface area contributed by atoms with Crippen LogP contribution in [0.25, 0.3) is 11.2 Å². The van der Waals surface area contributed by atoms with Crippen LogP contribution in [0.4, 0.5) is 11.8 Å². The molecule has 126 valence electrons. The second kappa shape index (κ2) is 6.35. The van der Waals surface area contributed by atoms with E-state index in [0.717, 1.165) is 0 Å². The number of aromatic carboxylic acids is 1. The zero-order valence-electron chi connectivity index (χ0n) is 12.7. The van der Waals surface area contributed by atoms with Crippen LogP contribution in [-0.4, -0.2) is 37.0 Å². The normalized spacial score (nSPS) is 10.6. The largest absolute Gasteiger partial charge is 0.478 e. The van der Waals surface area contributed by atoms with Crippen molar-refractivity contribution in [3.8, 4) is 0 Å². The summed E-state index contributed by atoms with van der Waals surface area (Å²) in [5.74, 6) is -1.64. The molecule has 0 aliphatic carbocycles. The highest BCUT2D eigenvalue weighted by Crippen LogP contribution is 2.15. The summed E-state index contributed by atoms with van der Waals surface area (Å²) in [6, 6.07) is 5.37. The van der Waals surface area contributed by atoms with E-state index >= 15 is 0 Å². The van der Waals surface area contributed by atoms with Gasteiger partial charge in [-0.1, -0.05) is 0 Å². The smallest absolute Gasteiger partial charge is 0.338 e. The summed E-state index contributed by atoms with van der Waals surface area (Å²) < 4.78 is 5.13. The van der Waals surface area contributed by atoms with E-state index in [4.69, 9.17) is 21.3 Å². The molecule has 0 aliphatic rings. The molecule has 0 spiro atoms. The van der Waals surface area contributed by atoms with Crippen molar-refractivity contribution < 1.29 is 19.4 Å². The van der Waals surface area contributed by atoms with E-state index in [9.17, 15) is 9.59 Å². The van der Waals surface area contributed by atoms with Gasteiger partial charge in [-0.3, -0.25) is 0 Å². The maximum absolute atomic E-state index is 12.0. The summed E-state index contributed by atoms with van der Waals surface area (Å²) in [5, 5.41) is 8.83. The van der Waals surface area contributed by atoms with E-state index in [1.807, 2.05) is 0 Å². The first-order chi connectivity index (χ1) is 11.9. The number of nitrogens with two attached hydrogens (primary N) is 2. The molecule has 5 N–H and O–H groups in total. The van der Waals surface area contributed by atoms with Crippen molar-refractivity contribution in [2.45, 2.75) is 6.61 Å². The van der Waals surface area contributed by atoms with E-state index in [1.54, 1.807) is 0 Å². The number of esters is 1. The fourth-order valence-electron chi connectivity index (χ4n) is 2.02. The number of carboxylic acid groups (broad SMARTS) is 1. The minimum Gasteiger partial charge on any atom is -0.478 e. The Morgan fingerprint density at radius 1 is 1.04 bits per heavy atom. The molecule has 0 aliphatic heterocycles. The average Bonchev–Trinajstić information content (AvgIpc) is 2.60. The van der Waals surface area contributed by atoms with Gasteiger partial charge in [-0.2, -0.15) is 9.97 Å². The molecule has 10 heteroatoms. The van der Waals surface area contributed by atoms with Crippen molar-refractivity contribution in [3.05, 3.63) is 47.3 Å². The Morgan fingerprint density at radius 2 is 1.72 bits per heavy atom. The number of hydrogen-bond acceptors (Lipinski definition) is 9. The predicted octanol–water partition coefficient (Wildman–Crippen LogP) is 0.639. The first-order valence-corrected chi connectivity index (χ1v) is 6.99. The highest BCUT2D eigenvalue weighted by molar-refractivity contribution is 5.92. The van der Waals surface area contributed by atoms with Gasteiger partial charge in [0.1, 0.15) is 6.61 Å². The summed E-state index contributed by atoms with van der Waals surface area (Å²) in [6.45, 7) is -0.147. The van der Waals surface area contributed by atoms with Gasteiger partial charge in [0, 0.05) is 0 Å². The molecule has 0 bridgehead atoms. The SMILES string of the molecule is Nc1nc(N)c2nc(COC(=O)c3ccc(C(=O)O)cc3)cnc2n1. The van der Waals surface area contributed by atoms with Gasteiger partial charge in [-0.05, 0) is 24.3 Å². The summed E-state index contributed by atoms with van der Waals surface area (Å²) in [6.07, 6.45) is 1.38. The molecule has 2 heterocycles. The van der Waals surface area contributed by atoms with Crippen molar-refractivity contribution in [1.82, 2.24) is 19.9 Å². The Morgan fingerprint density at radius 3 is 2.40 bits per heavy atom. The fraction of sp³-hybridized carbons (Fsp3) is 0.0667. The number of anilines is 2. The van der Waals surface area contributed by atoms with Gasteiger partial charge >= 0.3 is 11.9 Å². The Bertz CT molecular complexity index is 974. The third-order valence-electron chi connectivity index (χ3n) is 3.22. The second-order valence-electron chi connectivity index (χ2n) is 4.96. The Kier molecular flexibility index (Phi) is 4.08. The number of hydrogen-bond donors (Lipinski definition) is 3. The lowest BCUT2D eigenvalue weighted by Gasteiger charge is -2.06. The van der Waals surface area contributed by atoms with E-state index < -0.39 is 11.9 Å². The quantitative estimate of drug-likeness (QED) is 0.573. The third kappa shape index (κ3) is 3.42. The van der Waals surface area contributed by atoms with Crippen LogP contribution in [0.2, 0.25) is 0 Å². The number of carboxylic acids is 1. The van der Waals surface area contributed by atoms with Crippen LogP contribution in [0.15, 0.2) is 30.5 Å². The van der Waals surface area contributed by atoms with Crippen LogP contribution in [0.5, 0.6) is 0 Å². The first-order valence-electron chi connectivity index (χ1n) is 6.99. The molecular weight excluding hydrogens is 328 g/mol. The van der Waals surface area contributed by atoms with Gasteiger partial charge in [0.15, 0.2) is 17.0 Å². The maximum atomic E-state index is 12.0. The molecule has 1 aromatic carbocycles. The molecule has 0 amide bonds. The first kappa shape index (κ1) is 16.1. The van der Waals surface area contributed by atoms with Gasteiger partial charge in [0.05, 0.1) is 23.0 Å². The van der Waals surface area contributed by atoms with E-state index in [0.29, 0.717) is 5.69 Å². The molecule has 0 unspecified atom stereocenters. The summed E-state index contributed by atoms with van der Waals surface area (Å²) in [5.41, 5.74) is 12.3. The molecule has 0 radical (unpaired) electrons. The van der Waals surface area contributed by atoms with Crippen LogP contribution in [0.1, 0.15) is 26.4 Å². The number of aromatic nitrogens is 4. The van der Waals surface area contributed by atoms with Crippen LogP contribution < -0.4 is 11.5 Å². The molecule has 0 fully saturated rings. The van der Waals surface area contributed by atoms with Gasteiger partial charge in [0.2, 0.25) is 5.95 Å². The number of nitrogen functional groups attached to an aromatic ring is 2. The summed E-state index contributed by atoms with van der Waals surface area (Å²) >= 11 is 0. The third-order valence-corrected chi connectivity index (χ3v) is 3.22. The minimum atomic E-state index is -1.08. The number of carbonyl (C=O) groups is 2. The van der Waals surface area contributed by atoms with Crippen LogP contribution in [0, 0.1) is 0 Å². The molecule has 3 aromatic rings. The molecule has 3 rings (SSSR count). The highest BCUT2D eigenvalue weighted by atomic mass is 16.5. The lowest BCUT2D eigenvalue weighted by Crippen LogP contribution is -2.08. The molecule has 10 nitrogen and oxygen atoms in total. The standard InChI is InChI=1S/C15H12N6O4/c16-11-10-12(21-15(17)20-11)18-5-9(19-10)6-25-14(24)8-3-1-7(2-4-8)13(22)23/h1-5H,6H2,(H,22,23)(H4,16,17,18,20,21). The van der Waals surface area contributed by atoms with E-state index in [2.05, 4.69) is 19.9 Å². The summed E-state index contributed by atoms with van der Waals surface area (Å²) in [7, 11) is 0. The molecular formula is C15H12N6O4. The molecule has 25 heavy (non-hydrogen) atoms. The van der Waals surface area contributed by atoms with E-state index in [-0.39, 0.29) is 40.7 Å². The predicted molar refractivity (Wildman–Crippen MR) is 86.5 cm³/mol. The number of benzene rings is 1. The topological polar surface area (TPSA) is 167 Å². The van der Waals surface area contributed by atoms with Gasteiger partial charge in [-0.15, -0.1) is 0 Å². The van der Waals surface area contributed by atoms with Crippen molar-refractivity contribution in [1.29, 1.82) is 0 Å². The van der Waals surface area contributed by atoms with Crippen LogP contribution >= 0.6 is 0 Å². The Balaban J connectivity index is 1.73. The Hall–Kier alpha value is -3.82. The van der Waals surface area contributed by atoms with Crippen molar-refractivity contribution in [3.63, 3.8) is 0 Å². The zero-order valence-corrected chi connectivity index (χ0v) is 12.7. The number of rotatable bonds is 4. The zero-order chi connectivity index (χ0) is 18.0. The number of nitrogens with zero attached hydrogens (tertiary/aromatic N) is 4. The van der Waals surface area contributed by atoms with Crippen LogP contribution in [-0.2, 0) is 11.3 Å². The fourth-order valence-corrected chi connectivity index (χ4v) is 2.02. The van der Waals surface area contributed by atoms with Crippen molar-refractivity contribution >= 4 is 34.9 Å². The summed E-state index contributed by atoms with van der Waals surface area (Å²) in [4.78, 5) is 38.7. The lowest BCUT2D eigenvalue weighted by atomic mass is 10.1. The molecule has 2 aromatic heterocycles. The monoisotopic (exact) mass is 340 g/mol. The number of carbonyl (C=O) groups excluding carboxylic acids is 1. The molecule has 0 atom stereocenters. The molecule has 0 saturated carbocycles. The van der Waals surface area contributed by atoms with Crippen molar-refractivity contribution in [2.75, 3.05) is 11.5 Å². The highest BCUT2D eigenvalue weighted by Gasteiger charge is 2.12. The Labute approximate surface area is 140 Å². The van der Waals surface area contributed by atoms with Gasteiger partial charge in [-0.25, -0.2) is 19.6 Å². The lowest BCUT2D eigenvalue weighted by molar-refractivity contribution is 0.0467.